The monoisotopic (exact) mass is 440 g/mol. The maximum Gasteiger partial charge on any atom is 0.387 e. The van der Waals surface area contributed by atoms with Crippen molar-refractivity contribution in [3.63, 3.8) is 0 Å². The lowest BCUT2D eigenvalue weighted by molar-refractivity contribution is -0.118. The van der Waals surface area contributed by atoms with E-state index in [-0.39, 0.29) is 16.2 Å². The average Bonchev–Trinajstić information content (AvgIpc) is 2.71. The van der Waals surface area contributed by atoms with E-state index in [0.717, 1.165) is 0 Å². The van der Waals surface area contributed by atoms with Gasteiger partial charge in [0.25, 0.3) is 5.91 Å². The highest BCUT2D eigenvalue weighted by Crippen LogP contribution is 2.28. The molecule has 10 heteroatoms. The molecule has 2 aromatic rings. The van der Waals surface area contributed by atoms with Crippen LogP contribution < -0.4 is 15.4 Å². The van der Waals surface area contributed by atoms with Crippen molar-refractivity contribution in [3.8, 4) is 5.75 Å². The fourth-order valence-electron chi connectivity index (χ4n) is 2.75. The Kier molecular flexibility index (Phi) is 7.87. The molecule has 0 aliphatic heterocycles. The minimum Gasteiger partial charge on any atom is -0.434 e. The predicted octanol–water partition coefficient (Wildman–Crippen LogP) is 2.69. The third-order valence-corrected chi connectivity index (χ3v) is 5.93. The number of ether oxygens (including phenoxy) is 1. The van der Waals surface area contributed by atoms with E-state index in [9.17, 15) is 26.8 Å². The molecular formula is C20H22F2N2O5S. The lowest BCUT2D eigenvalue weighted by Gasteiger charge is -2.20. The number of hydrogen-bond acceptors (Lipinski definition) is 5. The van der Waals surface area contributed by atoms with Crippen LogP contribution in [0.2, 0.25) is 0 Å². The maximum absolute atomic E-state index is 12.6. The summed E-state index contributed by atoms with van der Waals surface area (Å²) in [5, 5.41) is 4.98. The lowest BCUT2D eigenvalue weighted by Crippen LogP contribution is -2.29. The van der Waals surface area contributed by atoms with Gasteiger partial charge in [-0.25, -0.2) is 8.42 Å². The van der Waals surface area contributed by atoms with Gasteiger partial charge in [-0.15, -0.1) is 0 Å². The van der Waals surface area contributed by atoms with Crippen LogP contribution >= 0.6 is 0 Å². The van der Waals surface area contributed by atoms with E-state index in [0.29, 0.717) is 12.0 Å². The van der Waals surface area contributed by atoms with Crippen molar-refractivity contribution in [2.24, 2.45) is 0 Å². The first-order valence-corrected chi connectivity index (χ1v) is 10.7. The highest BCUT2D eigenvalue weighted by Gasteiger charge is 2.21. The minimum atomic E-state index is -3.83. The van der Waals surface area contributed by atoms with Crippen LogP contribution in [0.4, 0.5) is 8.78 Å². The Morgan fingerprint density at radius 2 is 1.70 bits per heavy atom. The van der Waals surface area contributed by atoms with Crippen molar-refractivity contribution < 1.29 is 31.5 Å². The van der Waals surface area contributed by atoms with Gasteiger partial charge in [-0.1, -0.05) is 25.1 Å². The Bertz CT molecular complexity index is 995. The molecule has 0 saturated carbocycles. The van der Waals surface area contributed by atoms with Crippen LogP contribution in [0.1, 0.15) is 35.3 Å². The smallest absolute Gasteiger partial charge is 0.387 e. The van der Waals surface area contributed by atoms with Crippen LogP contribution in [-0.2, 0) is 14.6 Å². The van der Waals surface area contributed by atoms with E-state index in [1.807, 2.05) is 0 Å². The van der Waals surface area contributed by atoms with Crippen molar-refractivity contribution in [2.45, 2.75) is 30.9 Å². The highest BCUT2D eigenvalue weighted by atomic mass is 32.2. The number of carbonyl (C=O) groups excluding carboxylic acids is 2. The number of benzene rings is 2. The average molecular weight is 440 g/mol. The van der Waals surface area contributed by atoms with Crippen molar-refractivity contribution in [1.82, 2.24) is 10.6 Å². The molecule has 1 unspecified atom stereocenters. The second kappa shape index (κ2) is 10.1. The molecule has 0 aliphatic carbocycles. The summed E-state index contributed by atoms with van der Waals surface area (Å²) in [6.45, 7) is -1.22. The number of hydrogen-bond donors (Lipinski definition) is 2. The summed E-state index contributed by atoms with van der Waals surface area (Å²) in [4.78, 5) is 23.8. The van der Waals surface area contributed by atoms with Gasteiger partial charge in [0.2, 0.25) is 5.91 Å². The van der Waals surface area contributed by atoms with Gasteiger partial charge in [-0.05, 0) is 36.8 Å². The normalized spacial score (nSPS) is 12.3. The van der Waals surface area contributed by atoms with Crippen LogP contribution in [0.3, 0.4) is 0 Å². The maximum atomic E-state index is 12.6. The Hall–Kier alpha value is -3.01. The highest BCUT2D eigenvalue weighted by molar-refractivity contribution is 7.92. The summed E-state index contributed by atoms with van der Waals surface area (Å²) in [6.07, 6.45) is 0.411. The van der Waals surface area contributed by atoms with Gasteiger partial charge in [0.15, 0.2) is 9.84 Å². The van der Waals surface area contributed by atoms with Crippen molar-refractivity contribution in [3.05, 3.63) is 59.7 Å². The van der Waals surface area contributed by atoms with Crippen LogP contribution in [0.15, 0.2) is 53.4 Å². The molecule has 0 spiro atoms. The van der Waals surface area contributed by atoms with E-state index >= 15 is 0 Å². The first-order chi connectivity index (χ1) is 14.2. The Labute approximate surface area is 173 Å². The second-order valence-electron chi connectivity index (χ2n) is 6.31. The predicted molar refractivity (Wildman–Crippen MR) is 106 cm³/mol. The lowest BCUT2D eigenvalue weighted by atomic mass is 10.0. The fourth-order valence-corrected chi connectivity index (χ4v) is 3.96. The number of carbonyl (C=O) groups is 2. The number of para-hydroxylation sites is 1. The largest absolute Gasteiger partial charge is 0.434 e. The number of rotatable bonds is 9. The topological polar surface area (TPSA) is 102 Å². The van der Waals surface area contributed by atoms with Crippen molar-refractivity contribution in [1.29, 1.82) is 0 Å². The van der Waals surface area contributed by atoms with Crippen LogP contribution in [0, 0.1) is 0 Å². The van der Waals surface area contributed by atoms with Crippen LogP contribution in [0.5, 0.6) is 5.75 Å². The van der Waals surface area contributed by atoms with Gasteiger partial charge in [-0.2, -0.15) is 8.78 Å². The van der Waals surface area contributed by atoms with E-state index in [1.165, 1.54) is 37.4 Å². The molecule has 7 nitrogen and oxygen atoms in total. The molecule has 0 aromatic heterocycles. The van der Waals surface area contributed by atoms with Gasteiger partial charge in [0.1, 0.15) is 11.5 Å². The van der Waals surface area contributed by atoms with Crippen LogP contribution in [-0.4, -0.2) is 39.6 Å². The van der Waals surface area contributed by atoms with Gasteiger partial charge in [-0.3, -0.25) is 9.59 Å². The van der Waals surface area contributed by atoms with Gasteiger partial charge in [0.05, 0.1) is 10.9 Å². The number of halogens is 2. The first-order valence-electron chi connectivity index (χ1n) is 9.06. The number of nitrogens with one attached hydrogen (secondary N) is 2. The van der Waals surface area contributed by atoms with Gasteiger partial charge < -0.3 is 15.4 Å². The van der Waals surface area contributed by atoms with E-state index in [1.54, 1.807) is 25.1 Å². The van der Waals surface area contributed by atoms with E-state index in [2.05, 4.69) is 15.4 Å². The quantitative estimate of drug-likeness (QED) is 0.624. The molecule has 0 bridgehead atoms. The van der Waals surface area contributed by atoms with Crippen molar-refractivity contribution in [2.75, 3.05) is 12.8 Å². The summed E-state index contributed by atoms with van der Waals surface area (Å²) < 4.78 is 54.2. The third-order valence-electron chi connectivity index (χ3n) is 4.30. The zero-order valence-corrected chi connectivity index (χ0v) is 17.2. The number of alkyl halides is 2. The standard InChI is InChI=1S/C20H22F2N2O5S/c1-3-16(15-6-4-5-7-17(15)29-20(21)22)24-19(26)13-8-10-14(11-9-13)30(27,28)12-18(25)23-2/h4-11,16,20H,3,12H2,1-2H3,(H,23,25)(H,24,26). The molecule has 0 saturated heterocycles. The molecule has 2 aromatic carbocycles. The number of sulfone groups is 1. The first kappa shape index (κ1) is 23.3. The van der Waals surface area contributed by atoms with E-state index in [4.69, 9.17) is 0 Å². The molecule has 0 fully saturated rings. The molecule has 0 heterocycles. The zero-order chi connectivity index (χ0) is 22.3. The summed E-state index contributed by atoms with van der Waals surface area (Å²) in [6, 6.07) is 10.7. The van der Waals surface area contributed by atoms with Crippen LogP contribution in [0.25, 0.3) is 0 Å². The molecule has 1 atom stereocenters. The minimum absolute atomic E-state index is 0.0321. The molecule has 162 valence electrons. The van der Waals surface area contributed by atoms with Crippen molar-refractivity contribution >= 4 is 21.7 Å². The summed E-state index contributed by atoms with van der Waals surface area (Å²) >= 11 is 0. The summed E-state index contributed by atoms with van der Waals surface area (Å²) in [5.74, 6) is -1.89. The molecule has 2 N–H and O–H groups in total. The Morgan fingerprint density at radius 3 is 2.27 bits per heavy atom. The Balaban J connectivity index is 2.18. The summed E-state index contributed by atoms with van der Waals surface area (Å²) in [7, 11) is -2.50. The fraction of sp³-hybridized carbons (Fsp3) is 0.300. The molecule has 2 rings (SSSR count). The van der Waals surface area contributed by atoms with Gasteiger partial charge >= 0.3 is 6.61 Å². The van der Waals surface area contributed by atoms with E-state index < -0.39 is 40.1 Å². The molecule has 2 amide bonds. The number of amides is 2. The third kappa shape index (κ3) is 5.99. The summed E-state index contributed by atoms with van der Waals surface area (Å²) in [5.41, 5.74) is 0.582. The SMILES string of the molecule is CCC(NC(=O)c1ccc(S(=O)(=O)CC(=O)NC)cc1)c1ccccc1OC(F)F. The molecule has 30 heavy (non-hydrogen) atoms. The molecular weight excluding hydrogens is 418 g/mol. The molecule has 0 radical (unpaired) electrons. The second-order valence-corrected chi connectivity index (χ2v) is 8.30. The van der Waals surface area contributed by atoms with Gasteiger partial charge in [0, 0.05) is 18.2 Å². The zero-order valence-electron chi connectivity index (χ0n) is 16.4. The molecule has 0 aliphatic rings. The Morgan fingerprint density at radius 1 is 1.07 bits per heavy atom.